The highest BCUT2D eigenvalue weighted by molar-refractivity contribution is 5.59. The molecular weight excluding hydrogens is 221 g/mol. The average molecular weight is 231 g/mol. The van der Waals surface area contributed by atoms with E-state index in [0.29, 0.717) is 12.3 Å². The summed E-state index contributed by atoms with van der Waals surface area (Å²) in [5.74, 6) is -0.429. The van der Waals surface area contributed by atoms with Crippen molar-refractivity contribution in [3.63, 3.8) is 0 Å². The largest absolute Gasteiger partial charge is 0.489 e. The van der Waals surface area contributed by atoms with Crippen molar-refractivity contribution in [2.24, 2.45) is 0 Å². The first-order chi connectivity index (χ1) is 8.22. The number of halogens is 1. The van der Waals surface area contributed by atoms with E-state index >= 15 is 0 Å². The summed E-state index contributed by atoms with van der Waals surface area (Å²) >= 11 is 0. The van der Waals surface area contributed by atoms with Crippen molar-refractivity contribution in [1.82, 2.24) is 0 Å². The molecule has 1 rings (SSSR count). The van der Waals surface area contributed by atoms with Gasteiger partial charge in [-0.3, -0.25) is 0 Å². The molecule has 4 nitrogen and oxygen atoms in total. The van der Waals surface area contributed by atoms with E-state index in [4.69, 9.17) is 15.3 Å². The number of allylic oxidation sites excluding steroid dienone is 1. The van der Waals surface area contributed by atoms with Crippen LogP contribution >= 0.6 is 0 Å². The van der Waals surface area contributed by atoms with Crippen LogP contribution < -0.4 is 10.1 Å². The van der Waals surface area contributed by atoms with Crippen molar-refractivity contribution in [2.45, 2.75) is 6.92 Å². The van der Waals surface area contributed by atoms with Crippen molar-refractivity contribution >= 4 is 5.69 Å². The maximum Gasteiger partial charge on any atom is 0.178 e. The number of nitriles is 2. The lowest BCUT2D eigenvalue weighted by molar-refractivity contribution is 0.323. The van der Waals surface area contributed by atoms with Gasteiger partial charge in [-0.25, -0.2) is 4.39 Å². The zero-order valence-electron chi connectivity index (χ0n) is 9.20. The third kappa shape index (κ3) is 3.22. The predicted molar refractivity (Wildman–Crippen MR) is 60.5 cm³/mol. The van der Waals surface area contributed by atoms with Gasteiger partial charge < -0.3 is 10.1 Å². The molecular formula is C12H10FN3O. The summed E-state index contributed by atoms with van der Waals surface area (Å²) in [6, 6.07) is 7.76. The minimum absolute atomic E-state index is 0.0708. The maximum absolute atomic E-state index is 13.4. The van der Waals surface area contributed by atoms with E-state index in [2.05, 4.69) is 5.32 Å². The Balaban J connectivity index is 3.00. The van der Waals surface area contributed by atoms with Crippen LogP contribution in [0.2, 0.25) is 0 Å². The summed E-state index contributed by atoms with van der Waals surface area (Å²) in [5.41, 5.74) is 0.270. The zero-order chi connectivity index (χ0) is 12.7. The van der Waals surface area contributed by atoms with Crippen LogP contribution in [0.4, 0.5) is 10.1 Å². The topological polar surface area (TPSA) is 68.8 Å². The number of rotatable bonds is 4. The molecule has 1 aromatic carbocycles. The number of hydrogen-bond donors (Lipinski definition) is 1. The lowest BCUT2D eigenvalue weighted by Gasteiger charge is -2.10. The van der Waals surface area contributed by atoms with E-state index in [9.17, 15) is 4.39 Å². The first kappa shape index (κ1) is 12.5. The first-order valence-corrected chi connectivity index (χ1v) is 4.91. The molecule has 0 aliphatic rings. The van der Waals surface area contributed by atoms with Gasteiger partial charge in [-0.15, -0.1) is 0 Å². The van der Waals surface area contributed by atoms with E-state index in [1.165, 1.54) is 18.3 Å². The number of ether oxygens (including phenoxy) is 1. The molecule has 5 heteroatoms. The van der Waals surface area contributed by atoms with Gasteiger partial charge in [-0.1, -0.05) is 6.07 Å². The Morgan fingerprint density at radius 2 is 2.18 bits per heavy atom. The van der Waals surface area contributed by atoms with Crippen LogP contribution in [0.3, 0.4) is 0 Å². The van der Waals surface area contributed by atoms with Gasteiger partial charge in [0.2, 0.25) is 0 Å². The Morgan fingerprint density at radius 1 is 1.47 bits per heavy atom. The molecule has 17 heavy (non-hydrogen) atoms. The fraction of sp³-hybridized carbons (Fsp3) is 0.167. The lowest BCUT2D eigenvalue weighted by atomic mass is 10.2. The minimum Gasteiger partial charge on any atom is -0.489 e. The van der Waals surface area contributed by atoms with Crippen LogP contribution in [-0.2, 0) is 0 Å². The van der Waals surface area contributed by atoms with E-state index < -0.39 is 5.82 Å². The first-order valence-electron chi connectivity index (χ1n) is 4.91. The molecule has 0 aliphatic heterocycles. The second-order valence-electron chi connectivity index (χ2n) is 2.98. The molecule has 0 unspecified atom stereocenters. The van der Waals surface area contributed by atoms with Crippen molar-refractivity contribution in [3.8, 4) is 17.9 Å². The quantitative estimate of drug-likeness (QED) is 0.808. The molecule has 1 N–H and O–H groups in total. The fourth-order valence-corrected chi connectivity index (χ4v) is 1.15. The number of nitrogens with zero attached hydrogens (tertiary/aromatic N) is 2. The summed E-state index contributed by atoms with van der Waals surface area (Å²) in [5, 5.41) is 19.8. The van der Waals surface area contributed by atoms with Crippen LogP contribution in [0.1, 0.15) is 6.92 Å². The summed E-state index contributed by atoms with van der Waals surface area (Å²) in [6.45, 7) is 2.06. The lowest BCUT2D eigenvalue weighted by Crippen LogP contribution is -2.00. The van der Waals surface area contributed by atoms with Crippen LogP contribution in [0, 0.1) is 28.5 Å². The van der Waals surface area contributed by atoms with Gasteiger partial charge in [0.05, 0.1) is 12.3 Å². The summed E-state index contributed by atoms with van der Waals surface area (Å²) < 4.78 is 18.5. The Labute approximate surface area is 98.5 Å². The molecule has 0 bridgehead atoms. The SMILES string of the molecule is CCOc1c(F)cccc1NC=C(C#N)C#N. The maximum atomic E-state index is 13.4. The molecule has 0 saturated carbocycles. The number of para-hydroxylation sites is 1. The smallest absolute Gasteiger partial charge is 0.178 e. The Kier molecular flexibility index (Phi) is 4.53. The van der Waals surface area contributed by atoms with Gasteiger partial charge in [0.25, 0.3) is 0 Å². The summed E-state index contributed by atoms with van der Waals surface area (Å²) in [7, 11) is 0. The predicted octanol–water partition coefficient (Wildman–Crippen LogP) is 2.57. The van der Waals surface area contributed by atoms with Gasteiger partial charge >= 0.3 is 0 Å². The van der Waals surface area contributed by atoms with Crippen LogP contribution in [-0.4, -0.2) is 6.61 Å². The molecule has 86 valence electrons. The molecule has 0 amide bonds. The molecule has 0 spiro atoms. The van der Waals surface area contributed by atoms with E-state index in [1.807, 2.05) is 0 Å². The molecule has 0 saturated heterocycles. The van der Waals surface area contributed by atoms with Crippen molar-refractivity contribution < 1.29 is 9.13 Å². The molecule has 0 aliphatic carbocycles. The molecule has 0 aromatic heterocycles. The molecule has 0 fully saturated rings. The van der Waals surface area contributed by atoms with Gasteiger partial charge in [0.1, 0.15) is 17.7 Å². The zero-order valence-corrected chi connectivity index (χ0v) is 9.20. The Bertz CT molecular complexity index is 495. The van der Waals surface area contributed by atoms with Crippen molar-refractivity contribution in [2.75, 3.05) is 11.9 Å². The molecule has 0 atom stereocenters. The highest BCUT2D eigenvalue weighted by atomic mass is 19.1. The second-order valence-corrected chi connectivity index (χ2v) is 2.98. The Hall–Kier alpha value is -2.53. The third-order valence-electron chi connectivity index (χ3n) is 1.87. The van der Waals surface area contributed by atoms with Crippen LogP contribution in [0.15, 0.2) is 30.0 Å². The van der Waals surface area contributed by atoms with Gasteiger partial charge in [0.15, 0.2) is 11.6 Å². The minimum atomic E-state index is -0.499. The standard InChI is InChI=1S/C12H10FN3O/c1-2-17-12-10(13)4-3-5-11(12)16-8-9(6-14)7-15/h3-5,8,16H,2H2,1H3. The van der Waals surface area contributed by atoms with Gasteiger partial charge in [-0.05, 0) is 19.1 Å². The van der Waals surface area contributed by atoms with Crippen LogP contribution in [0.25, 0.3) is 0 Å². The van der Waals surface area contributed by atoms with E-state index in [-0.39, 0.29) is 11.3 Å². The third-order valence-corrected chi connectivity index (χ3v) is 1.87. The highest BCUT2D eigenvalue weighted by Gasteiger charge is 2.08. The number of hydrogen-bond acceptors (Lipinski definition) is 4. The number of anilines is 1. The monoisotopic (exact) mass is 231 g/mol. The number of nitrogens with one attached hydrogen (secondary N) is 1. The van der Waals surface area contributed by atoms with Gasteiger partial charge in [0, 0.05) is 6.20 Å². The molecule has 0 radical (unpaired) electrons. The summed E-state index contributed by atoms with van der Waals surface area (Å²) in [4.78, 5) is 0. The van der Waals surface area contributed by atoms with Gasteiger partial charge in [-0.2, -0.15) is 10.5 Å². The Morgan fingerprint density at radius 3 is 2.76 bits per heavy atom. The fourth-order valence-electron chi connectivity index (χ4n) is 1.15. The molecule has 0 heterocycles. The highest BCUT2D eigenvalue weighted by Crippen LogP contribution is 2.27. The van der Waals surface area contributed by atoms with Crippen LogP contribution in [0.5, 0.6) is 5.75 Å². The normalized spacial score (nSPS) is 8.71. The molecule has 1 aromatic rings. The average Bonchev–Trinajstić information content (AvgIpc) is 2.34. The number of benzene rings is 1. The second kappa shape index (κ2) is 6.14. The van der Waals surface area contributed by atoms with E-state index in [0.717, 1.165) is 0 Å². The summed E-state index contributed by atoms with van der Waals surface area (Å²) in [6.07, 6.45) is 1.21. The van der Waals surface area contributed by atoms with Crippen molar-refractivity contribution in [1.29, 1.82) is 10.5 Å². The van der Waals surface area contributed by atoms with Crippen molar-refractivity contribution in [3.05, 3.63) is 35.8 Å². The van der Waals surface area contributed by atoms with E-state index in [1.54, 1.807) is 25.1 Å².